The number of likely N-dealkylation sites (N-methyl/N-ethyl adjacent to an activating group) is 1. The predicted octanol–water partition coefficient (Wildman–Crippen LogP) is 5.24. The van der Waals surface area contributed by atoms with E-state index in [1.54, 1.807) is 14.2 Å². The highest BCUT2D eigenvalue weighted by atomic mass is 79.9. The van der Waals surface area contributed by atoms with Gasteiger partial charge in [0.25, 0.3) is 5.91 Å². The molecule has 1 aliphatic rings. The minimum Gasteiger partial charge on any atom is -0.493 e. The van der Waals surface area contributed by atoms with Crippen molar-refractivity contribution in [2.75, 3.05) is 47.4 Å². The molecule has 0 aliphatic carbocycles. The first kappa shape index (κ1) is 23.1. The molecule has 1 aromatic heterocycles. The molecule has 4 rings (SSSR count). The molecule has 0 spiro atoms. The van der Waals surface area contributed by atoms with Crippen LogP contribution in [0.25, 0.3) is 10.1 Å². The Kier molecular flexibility index (Phi) is 7.38. The first-order valence-corrected chi connectivity index (χ1v) is 12.6. The summed E-state index contributed by atoms with van der Waals surface area (Å²) in [5.41, 5.74) is 3.10. The molecule has 32 heavy (non-hydrogen) atoms. The molecular weight excluding hydrogens is 488 g/mol. The topological polar surface area (TPSA) is 42.0 Å². The minimum atomic E-state index is 0.0881. The fraction of sp³-hybridized carbons (Fsp3) is 0.400. The third kappa shape index (κ3) is 4.80. The van der Waals surface area contributed by atoms with Crippen LogP contribution in [0.1, 0.15) is 27.9 Å². The van der Waals surface area contributed by atoms with Gasteiger partial charge in [0.05, 0.1) is 14.2 Å². The van der Waals surface area contributed by atoms with Gasteiger partial charge in [-0.05, 0) is 79.5 Å². The van der Waals surface area contributed by atoms with Crippen molar-refractivity contribution in [1.29, 1.82) is 0 Å². The summed E-state index contributed by atoms with van der Waals surface area (Å²) in [6.45, 7) is 3.46. The number of amides is 1. The van der Waals surface area contributed by atoms with E-state index in [1.165, 1.54) is 15.6 Å². The van der Waals surface area contributed by atoms with Crippen molar-refractivity contribution in [2.45, 2.75) is 19.3 Å². The number of ether oxygens (including phenoxy) is 2. The lowest BCUT2D eigenvalue weighted by Gasteiger charge is -2.30. The average molecular weight is 517 g/mol. The van der Waals surface area contributed by atoms with E-state index in [2.05, 4.69) is 51.5 Å². The maximum atomic E-state index is 13.0. The van der Waals surface area contributed by atoms with E-state index >= 15 is 0 Å². The Bertz CT molecular complexity index is 1110. The van der Waals surface area contributed by atoms with Crippen molar-refractivity contribution >= 4 is 43.3 Å². The van der Waals surface area contributed by atoms with E-state index in [0.717, 1.165) is 61.0 Å². The minimum absolute atomic E-state index is 0.0881. The van der Waals surface area contributed by atoms with Crippen LogP contribution in [0.3, 0.4) is 0 Å². The van der Waals surface area contributed by atoms with Gasteiger partial charge in [0, 0.05) is 39.9 Å². The number of fused-ring (bicyclic) bond motifs is 2. The Morgan fingerprint density at radius 2 is 2.00 bits per heavy atom. The number of hydrogen-bond acceptors (Lipinski definition) is 5. The zero-order valence-corrected chi connectivity index (χ0v) is 21.2. The molecule has 1 amide bonds. The summed E-state index contributed by atoms with van der Waals surface area (Å²) in [5.74, 6) is 1.45. The van der Waals surface area contributed by atoms with Crippen molar-refractivity contribution in [3.63, 3.8) is 0 Å². The van der Waals surface area contributed by atoms with Gasteiger partial charge in [-0.15, -0.1) is 11.3 Å². The van der Waals surface area contributed by atoms with Crippen molar-refractivity contribution in [1.82, 2.24) is 9.80 Å². The Balaban J connectivity index is 1.29. The summed E-state index contributed by atoms with van der Waals surface area (Å²) in [7, 11) is 5.41. The molecule has 0 saturated heterocycles. The first-order chi connectivity index (χ1) is 15.5. The average Bonchev–Trinajstić information content (AvgIpc) is 3.20. The summed E-state index contributed by atoms with van der Waals surface area (Å²) in [5, 5.41) is 3.63. The van der Waals surface area contributed by atoms with Crippen LogP contribution < -0.4 is 9.47 Å². The number of methoxy groups -OCH3 is 2. The SMILES string of the molecule is COc1ccc2c(c1OC)CCN(CCCN(C)CCc1csc3ccc(Br)cc13)C2=O. The molecule has 5 nitrogen and oxygen atoms in total. The number of hydrogen-bond donors (Lipinski definition) is 0. The number of carbonyl (C=O) groups is 1. The van der Waals surface area contributed by atoms with Crippen LogP contribution in [0, 0.1) is 0 Å². The molecule has 2 aromatic carbocycles. The number of halogens is 1. The van der Waals surface area contributed by atoms with E-state index in [9.17, 15) is 4.79 Å². The monoisotopic (exact) mass is 516 g/mol. The summed E-state index contributed by atoms with van der Waals surface area (Å²) in [6.07, 6.45) is 2.78. The highest BCUT2D eigenvalue weighted by Gasteiger charge is 2.28. The van der Waals surface area contributed by atoms with E-state index in [-0.39, 0.29) is 5.91 Å². The van der Waals surface area contributed by atoms with Gasteiger partial charge >= 0.3 is 0 Å². The largest absolute Gasteiger partial charge is 0.493 e. The zero-order valence-electron chi connectivity index (χ0n) is 18.8. The molecule has 0 radical (unpaired) electrons. The third-order valence-electron chi connectivity index (χ3n) is 6.14. The van der Waals surface area contributed by atoms with E-state index in [4.69, 9.17) is 9.47 Å². The van der Waals surface area contributed by atoms with E-state index in [1.807, 2.05) is 28.4 Å². The van der Waals surface area contributed by atoms with Crippen molar-refractivity contribution < 1.29 is 14.3 Å². The maximum absolute atomic E-state index is 13.0. The molecule has 170 valence electrons. The molecule has 3 aromatic rings. The van der Waals surface area contributed by atoms with Crippen LogP contribution in [-0.4, -0.2) is 63.2 Å². The number of carbonyl (C=O) groups excluding carboxylic acids is 1. The summed E-state index contributed by atoms with van der Waals surface area (Å²) in [6, 6.07) is 10.2. The van der Waals surface area contributed by atoms with Gasteiger partial charge in [-0.25, -0.2) is 0 Å². The first-order valence-electron chi connectivity index (χ1n) is 10.9. The van der Waals surface area contributed by atoms with Crippen LogP contribution in [0.4, 0.5) is 0 Å². The summed E-state index contributed by atoms with van der Waals surface area (Å²) >= 11 is 5.39. The highest BCUT2D eigenvalue weighted by Crippen LogP contribution is 2.36. The third-order valence-corrected chi connectivity index (χ3v) is 7.65. The van der Waals surface area contributed by atoms with Gasteiger partial charge in [-0.3, -0.25) is 4.79 Å². The lowest BCUT2D eigenvalue weighted by molar-refractivity contribution is 0.0731. The molecule has 0 N–H and O–H groups in total. The van der Waals surface area contributed by atoms with E-state index < -0.39 is 0 Å². The normalized spacial score (nSPS) is 13.7. The predicted molar refractivity (Wildman–Crippen MR) is 134 cm³/mol. The second-order valence-electron chi connectivity index (χ2n) is 8.18. The molecule has 0 bridgehead atoms. The molecule has 0 unspecified atom stereocenters. The van der Waals surface area contributed by atoms with Crippen molar-refractivity contribution in [3.8, 4) is 11.5 Å². The van der Waals surface area contributed by atoms with E-state index in [0.29, 0.717) is 11.5 Å². The van der Waals surface area contributed by atoms with Crippen LogP contribution in [-0.2, 0) is 12.8 Å². The Hall–Kier alpha value is -2.09. The Labute approximate surface area is 202 Å². The standard InChI is InChI=1S/C25H29BrN2O3S/c1-27(13-9-17-16-32-23-8-5-18(26)15-21(17)23)11-4-12-28-14-10-19-20(25(28)29)6-7-22(30-2)24(19)31-3/h5-8,15-16H,4,9-14H2,1-3H3. The smallest absolute Gasteiger partial charge is 0.254 e. The molecule has 1 aliphatic heterocycles. The van der Waals surface area contributed by atoms with Gasteiger partial charge < -0.3 is 19.3 Å². The molecule has 0 atom stereocenters. The van der Waals surface area contributed by atoms with Gasteiger partial charge in [-0.2, -0.15) is 0 Å². The van der Waals surface area contributed by atoms with Crippen LogP contribution in [0.2, 0.25) is 0 Å². The van der Waals surface area contributed by atoms with Crippen LogP contribution in [0.5, 0.6) is 11.5 Å². The summed E-state index contributed by atoms with van der Waals surface area (Å²) in [4.78, 5) is 17.3. The lowest BCUT2D eigenvalue weighted by atomic mass is 9.97. The molecular formula is C25H29BrN2O3S. The number of rotatable bonds is 9. The van der Waals surface area contributed by atoms with Gasteiger partial charge in [0.15, 0.2) is 11.5 Å². The molecule has 0 fully saturated rings. The summed E-state index contributed by atoms with van der Waals surface area (Å²) < 4.78 is 13.4. The van der Waals surface area contributed by atoms with Gasteiger partial charge in [0.1, 0.15) is 0 Å². The number of thiophene rings is 1. The number of nitrogens with zero attached hydrogens (tertiary/aromatic N) is 2. The van der Waals surface area contributed by atoms with Crippen molar-refractivity contribution in [2.24, 2.45) is 0 Å². The quantitative estimate of drug-likeness (QED) is 0.389. The lowest BCUT2D eigenvalue weighted by Crippen LogP contribution is -2.39. The van der Waals surface area contributed by atoms with Gasteiger partial charge in [-0.1, -0.05) is 15.9 Å². The molecule has 0 saturated carbocycles. The maximum Gasteiger partial charge on any atom is 0.254 e. The van der Waals surface area contributed by atoms with Crippen molar-refractivity contribution in [3.05, 3.63) is 56.9 Å². The molecule has 2 heterocycles. The fourth-order valence-corrected chi connectivity index (χ4v) is 5.71. The van der Waals surface area contributed by atoms with Crippen LogP contribution in [0.15, 0.2) is 40.2 Å². The molecule has 7 heteroatoms. The highest BCUT2D eigenvalue weighted by molar-refractivity contribution is 9.10. The number of benzene rings is 2. The zero-order chi connectivity index (χ0) is 22.7. The second-order valence-corrected chi connectivity index (χ2v) is 10.0. The fourth-order valence-electron chi connectivity index (χ4n) is 4.37. The Morgan fingerprint density at radius 1 is 1.16 bits per heavy atom. The Morgan fingerprint density at radius 3 is 2.78 bits per heavy atom. The van der Waals surface area contributed by atoms with Gasteiger partial charge in [0.2, 0.25) is 0 Å². The van der Waals surface area contributed by atoms with Crippen LogP contribution >= 0.6 is 27.3 Å². The second kappa shape index (κ2) is 10.2.